The molecular weight excluding hydrogens is 657 g/mol. The predicted molar refractivity (Wildman–Crippen MR) is 71.5 cm³/mol. The Morgan fingerprint density at radius 3 is 2.32 bits per heavy atom. The number of rotatable bonds is 2. The van der Waals surface area contributed by atoms with Gasteiger partial charge in [-0.15, -0.1) is 0 Å². The summed E-state index contributed by atoms with van der Waals surface area (Å²) in [5.41, 5.74) is 0.199. The number of carbonyl (C=O) groups excluding carboxylic acids is 1. The van der Waals surface area contributed by atoms with E-state index in [1.54, 1.807) is 12.1 Å². The first kappa shape index (κ1) is 16.0. The van der Waals surface area contributed by atoms with E-state index in [0.29, 0.717) is 8.64 Å². The Balaban J connectivity index is 2.30. The average Bonchev–Trinajstić information content (AvgIpc) is 2.93. The fourth-order valence-electron chi connectivity index (χ4n) is 2.62. The van der Waals surface area contributed by atoms with Gasteiger partial charge in [-0.2, -0.15) is 0 Å². The van der Waals surface area contributed by atoms with Gasteiger partial charge in [-0.3, -0.25) is 0 Å². The van der Waals surface area contributed by atoms with E-state index >= 15 is 0 Å². The SMILES string of the molecule is O=C1C=CC(c2ccccc2)(c2c[c]([Hg+])c(O)[c]([Hg+])c2O)O1. The molecular formula is C16H10Hg2O4+2. The van der Waals surface area contributed by atoms with Crippen molar-refractivity contribution in [3.8, 4) is 11.5 Å². The number of phenols is 2. The third-order valence-electron chi connectivity index (χ3n) is 3.77. The molecule has 1 unspecified atom stereocenters. The molecule has 0 aromatic heterocycles. The maximum absolute atomic E-state index is 11.7. The molecule has 100 valence electrons. The number of cyclic esters (lactones) is 1. The Hall–Kier alpha value is -0.880. The van der Waals surface area contributed by atoms with E-state index in [0.717, 1.165) is 8.64 Å². The second kappa shape index (κ2) is 5.96. The molecule has 0 amide bonds. The molecule has 2 aromatic carbocycles. The molecule has 0 aliphatic carbocycles. The van der Waals surface area contributed by atoms with Gasteiger partial charge in [-0.25, -0.2) is 0 Å². The molecule has 0 fully saturated rings. The third-order valence-corrected chi connectivity index (χ3v) is 8.47. The molecule has 2 N–H and O–H groups in total. The van der Waals surface area contributed by atoms with Crippen LogP contribution in [0.1, 0.15) is 11.1 Å². The first-order valence-corrected chi connectivity index (χ1v) is 12.2. The molecule has 22 heavy (non-hydrogen) atoms. The first-order valence-electron chi connectivity index (χ1n) is 6.67. The Labute approximate surface area is 159 Å². The average molecular weight is 667 g/mol. The fourth-order valence-corrected chi connectivity index (χ4v) is 9.64. The van der Waals surface area contributed by atoms with Crippen LogP contribution in [0, 0.1) is 0 Å². The number of benzene rings is 2. The van der Waals surface area contributed by atoms with E-state index in [1.807, 2.05) is 30.3 Å². The van der Waals surface area contributed by atoms with Crippen LogP contribution in [0.25, 0.3) is 0 Å². The number of phenolic OH excluding ortho intramolecular Hbond substituents is 2. The van der Waals surface area contributed by atoms with E-state index < -0.39 is 11.6 Å². The number of aromatic hydroxyl groups is 2. The topological polar surface area (TPSA) is 66.8 Å². The molecule has 0 radical (unpaired) electrons. The van der Waals surface area contributed by atoms with E-state index in [1.165, 1.54) is 6.08 Å². The summed E-state index contributed by atoms with van der Waals surface area (Å²) in [7, 11) is 0. The fraction of sp³-hybridized carbons (Fsp3) is 0.0625. The quantitative estimate of drug-likeness (QED) is 0.368. The number of hydrogen-bond donors (Lipinski definition) is 2. The van der Waals surface area contributed by atoms with Gasteiger partial charge < -0.3 is 0 Å². The Morgan fingerprint density at radius 1 is 1.05 bits per heavy atom. The van der Waals surface area contributed by atoms with Crippen LogP contribution in [0.15, 0.2) is 48.6 Å². The monoisotopic (exact) mass is 670 g/mol. The van der Waals surface area contributed by atoms with Gasteiger partial charge in [0.25, 0.3) is 0 Å². The van der Waals surface area contributed by atoms with Crippen molar-refractivity contribution in [1.29, 1.82) is 0 Å². The Morgan fingerprint density at radius 2 is 1.73 bits per heavy atom. The van der Waals surface area contributed by atoms with Gasteiger partial charge >= 0.3 is 161 Å². The molecule has 0 bridgehead atoms. The summed E-state index contributed by atoms with van der Waals surface area (Å²) in [6.07, 6.45) is 3.06. The second-order valence-electron chi connectivity index (χ2n) is 5.12. The van der Waals surface area contributed by atoms with Crippen LogP contribution in [0.4, 0.5) is 0 Å². The molecule has 1 heterocycles. The summed E-state index contributed by atoms with van der Waals surface area (Å²) < 4.78 is 7.06. The maximum atomic E-state index is 11.7. The molecule has 3 rings (SSSR count). The number of ether oxygens (including phenoxy) is 1. The van der Waals surface area contributed by atoms with Crippen molar-refractivity contribution < 1.29 is 72.0 Å². The van der Waals surface area contributed by atoms with Crippen LogP contribution in [0.5, 0.6) is 11.5 Å². The van der Waals surface area contributed by atoms with Crippen LogP contribution in [0.3, 0.4) is 0 Å². The van der Waals surface area contributed by atoms with Crippen LogP contribution < -0.4 is 6.14 Å². The van der Waals surface area contributed by atoms with Gasteiger partial charge in [-0.05, 0) is 0 Å². The van der Waals surface area contributed by atoms with Crippen molar-refractivity contribution in [2.75, 3.05) is 0 Å². The minimum absolute atomic E-state index is 0.0400. The van der Waals surface area contributed by atoms with Gasteiger partial charge in [0.05, 0.1) is 0 Å². The molecule has 0 spiro atoms. The molecule has 1 aliphatic heterocycles. The van der Waals surface area contributed by atoms with Gasteiger partial charge in [0.15, 0.2) is 0 Å². The molecule has 1 aliphatic rings. The molecule has 2 aromatic rings. The predicted octanol–water partition coefficient (Wildman–Crippen LogP) is 0.799. The summed E-state index contributed by atoms with van der Waals surface area (Å²) in [6, 6.07) is 11.1. The Kier molecular flexibility index (Phi) is 4.34. The molecule has 6 heteroatoms. The zero-order valence-corrected chi connectivity index (χ0v) is 22.7. The van der Waals surface area contributed by atoms with E-state index in [2.05, 4.69) is 0 Å². The zero-order chi connectivity index (χ0) is 15.9. The van der Waals surface area contributed by atoms with E-state index in [-0.39, 0.29) is 63.7 Å². The van der Waals surface area contributed by atoms with Crippen molar-refractivity contribution >= 4 is 12.1 Å². The van der Waals surface area contributed by atoms with Crippen molar-refractivity contribution in [2.45, 2.75) is 5.60 Å². The number of esters is 1. The normalized spacial score (nSPS) is 20.3. The summed E-state index contributed by atoms with van der Waals surface area (Å²) in [5, 5.41) is 20.6. The molecule has 1 atom stereocenters. The van der Waals surface area contributed by atoms with Gasteiger partial charge in [0.1, 0.15) is 0 Å². The molecule has 0 saturated heterocycles. The summed E-state index contributed by atoms with van der Waals surface area (Å²) in [5.74, 6) is -0.182. The van der Waals surface area contributed by atoms with Gasteiger partial charge in [0.2, 0.25) is 0 Å². The van der Waals surface area contributed by atoms with Crippen LogP contribution in [0.2, 0.25) is 0 Å². The van der Waals surface area contributed by atoms with Gasteiger partial charge in [0, 0.05) is 0 Å². The molecule has 0 saturated carbocycles. The second-order valence-corrected chi connectivity index (χ2v) is 10.8. The zero-order valence-electron chi connectivity index (χ0n) is 11.7. The van der Waals surface area contributed by atoms with Crippen LogP contribution in [-0.4, -0.2) is 16.2 Å². The number of hydrogen-bond acceptors (Lipinski definition) is 4. The third kappa shape index (κ3) is 2.50. The number of carbonyl (C=O) groups is 1. The van der Waals surface area contributed by atoms with Crippen LogP contribution >= 0.6 is 0 Å². The molecule has 4 nitrogen and oxygen atoms in total. The van der Waals surface area contributed by atoms with Crippen molar-refractivity contribution in [3.63, 3.8) is 0 Å². The van der Waals surface area contributed by atoms with Crippen molar-refractivity contribution in [3.05, 3.63) is 59.7 Å². The van der Waals surface area contributed by atoms with Crippen molar-refractivity contribution in [2.24, 2.45) is 0 Å². The summed E-state index contributed by atoms with van der Waals surface area (Å²) in [6.45, 7) is 0. The summed E-state index contributed by atoms with van der Waals surface area (Å²) in [4.78, 5) is 11.7. The van der Waals surface area contributed by atoms with Crippen molar-refractivity contribution in [1.82, 2.24) is 0 Å². The summed E-state index contributed by atoms with van der Waals surface area (Å²) >= 11 is 0.241. The van der Waals surface area contributed by atoms with Crippen LogP contribution in [-0.2, 0) is 67.4 Å². The first-order chi connectivity index (χ1) is 10.5. The minimum atomic E-state index is -1.11. The van der Waals surface area contributed by atoms with E-state index in [4.69, 9.17) is 4.74 Å². The standard InChI is InChI=1S/C16H10O4.2Hg/c17-12-6-7-13(14(18)10-12)16(9-8-15(19)20-16)11-4-2-1-3-5-11;;/h1-5,7-9,17-18H;;/q;2*+1. The Bertz CT molecular complexity index is 786. The van der Waals surface area contributed by atoms with E-state index in [9.17, 15) is 15.0 Å². The van der Waals surface area contributed by atoms with Gasteiger partial charge in [-0.1, -0.05) is 0 Å².